The Kier molecular flexibility index (Phi) is 5.08. The molecule has 4 heterocycles. The molecule has 1 fully saturated rings. The predicted molar refractivity (Wildman–Crippen MR) is 108 cm³/mol. The molecule has 0 unspecified atom stereocenters. The summed E-state index contributed by atoms with van der Waals surface area (Å²) >= 11 is 1.19. The summed E-state index contributed by atoms with van der Waals surface area (Å²) in [5, 5.41) is 0.473. The van der Waals surface area contributed by atoms with Crippen LogP contribution in [0.3, 0.4) is 0 Å². The van der Waals surface area contributed by atoms with Crippen LogP contribution in [0.4, 0.5) is 10.2 Å². The number of nitrogens with zero attached hydrogens (tertiary/aromatic N) is 5. The Morgan fingerprint density at radius 3 is 2.75 bits per heavy atom. The molecular formula is C19H21FN6OS. The fourth-order valence-electron chi connectivity index (χ4n) is 3.53. The Morgan fingerprint density at radius 2 is 2.07 bits per heavy atom. The molecule has 7 nitrogen and oxygen atoms in total. The van der Waals surface area contributed by atoms with E-state index in [1.807, 2.05) is 6.07 Å². The number of amides is 1. The van der Waals surface area contributed by atoms with Crippen LogP contribution in [0.1, 0.15) is 28.2 Å². The maximum atomic E-state index is 14.7. The molecule has 4 rings (SSSR count). The van der Waals surface area contributed by atoms with Gasteiger partial charge >= 0.3 is 0 Å². The van der Waals surface area contributed by atoms with Crippen molar-refractivity contribution in [2.24, 2.45) is 10.7 Å². The second kappa shape index (κ2) is 7.67. The van der Waals surface area contributed by atoms with Crippen molar-refractivity contribution in [3.05, 3.63) is 40.5 Å². The lowest BCUT2D eigenvalue weighted by molar-refractivity contribution is 0.0805. The van der Waals surface area contributed by atoms with Crippen LogP contribution in [-0.2, 0) is 6.42 Å². The number of aliphatic imine (C=N–C) groups is 1. The molecule has 9 heteroatoms. The average Bonchev–Trinajstić information content (AvgIpc) is 3.37. The first-order chi connectivity index (χ1) is 13.6. The first-order valence-corrected chi connectivity index (χ1v) is 10.0. The third kappa shape index (κ3) is 3.26. The molecule has 2 N–H and O–H groups in total. The van der Waals surface area contributed by atoms with E-state index in [4.69, 9.17) is 5.73 Å². The van der Waals surface area contributed by atoms with E-state index >= 15 is 0 Å². The Hall–Kier alpha value is -2.81. The number of pyridine rings is 1. The number of carbonyl (C=O) groups excluding carboxylic acids is 1. The number of thiazole rings is 1. The van der Waals surface area contributed by atoms with Gasteiger partial charge in [0.2, 0.25) is 5.95 Å². The van der Waals surface area contributed by atoms with Crippen LogP contribution in [0.5, 0.6) is 0 Å². The van der Waals surface area contributed by atoms with Crippen molar-refractivity contribution in [3.8, 4) is 10.6 Å². The van der Waals surface area contributed by atoms with Crippen molar-refractivity contribution in [1.29, 1.82) is 0 Å². The minimum atomic E-state index is -0.555. The summed E-state index contributed by atoms with van der Waals surface area (Å²) in [6.45, 7) is 2.26. The van der Waals surface area contributed by atoms with Gasteiger partial charge in [0.15, 0.2) is 0 Å². The second-order valence-electron chi connectivity index (χ2n) is 6.68. The van der Waals surface area contributed by atoms with Gasteiger partial charge < -0.3 is 15.5 Å². The predicted octanol–water partition coefficient (Wildman–Crippen LogP) is 2.44. The van der Waals surface area contributed by atoms with Crippen molar-refractivity contribution >= 4 is 29.3 Å². The SMILES string of the molecule is CN=CC(=CN)N1CCc2nc(-c3ccc(N4CCCC4)nc3F)sc2C1=O. The maximum absolute atomic E-state index is 14.7. The average molecular weight is 400 g/mol. The van der Waals surface area contributed by atoms with Crippen LogP contribution in [0, 0.1) is 5.95 Å². The van der Waals surface area contributed by atoms with Gasteiger partial charge in [0.05, 0.1) is 17.0 Å². The van der Waals surface area contributed by atoms with Gasteiger partial charge in [-0.1, -0.05) is 0 Å². The number of hydrogen-bond acceptors (Lipinski definition) is 7. The summed E-state index contributed by atoms with van der Waals surface area (Å²) in [5.41, 5.74) is 7.18. The minimum absolute atomic E-state index is 0.191. The van der Waals surface area contributed by atoms with Gasteiger partial charge in [-0.15, -0.1) is 11.3 Å². The molecule has 2 aromatic heterocycles. The van der Waals surface area contributed by atoms with E-state index in [9.17, 15) is 9.18 Å². The number of rotatable bonds is 4. The van der Waals surface area contributed by atoms with E-state index in [-0.39, 0.29) is 5.91 Å². The highest BCUT2D eigenvalue weighted by molar-refractivity contribution is 7.17. The molecule has 0 atom stereocenters. The first-order valence-electron chi connectivity index (χ1n) is 9.20. The third-order valence-electron chi connectivity index (χ3n) is 4.95. The second-order valence-corrected chi connectivity index (χ2v) is 7.68. The number of halogens is 1. The van der Waals surface area contributed by atoms with Gasteiger partial charge in [-0.2, -0.15) is 4.39 Å². The molecule has 28 heavy (non-hydrogen) atoms. The zero-order chi connectivity index (χ0) is 19.7. The lowest BCUT2D eigenvalue weighted by atomic mass is 10.1. The van der Waals surface area contributed by atoms with Crippen LogP contribution in [0.25, 0.3) is 10.6 Å². The highest BCUT2D eigenvalue weighted by Crippen LogP contribution is 2.34. The molecule has 146 valence electrons. The van der Waals surface area contributed by atoms with Gasteiger partial charge in [-0.3, -0.25) is 9.79 Å². The summed E-state index contributed by atoms with van der Waals surface area (Å²) < 4.78 is 14.7. The monoisotopic (exact) mass is 400 g/mol. The summed E-state index contributed by atoms with van der Waals surface area (Å²) in [6.07, 6.45) is 5.69. The van der Waals surface area contributed by atoms with Crippen LogP contribution in [-0.4, -0.2) is 53.7 Å². The lowest BCUT2D eigenvalue weighted by Crippen LogP contribution is -2.37. The Morgan fingerprint density at radius 1 is 1.29 bits per heavy atom. The summed E-state index contributed by atoms with van der Waals surface area (Å²) in [7, 11) is 1.62. The van der Waals surface area contributed by atoms with E-state index in [1.165, 1.54) is 17.5 Å². The maximum Gasteiger partial charge on any atom is 0.270 e. The molecular weight excluding hydrogens is 379 g/mol. The number of carbonyl (C=O) groups is 1. The van der Waals surface area contributed by atoms with Gasteiger partial charge in [0.25, 0.3) is 5.91 Å². The normalized spacial score (nSPS) is 17.6. The van der Waals surface area contributed by atoms with E-state index in [0.29, 0.717) is 45.6 Å². The van der Waals surface area contributed by atoms with Crippen molar-refractivity contribution in [2.45, 2.75) is 19.3 Å². The molecule has 0 radical (unpaired) electrons. The standard InChI is InChI=1S/C19H21FN6OS/c1-22-11-12(10-21)26-9-6-14-16(19(26)27)28-18(23-14)13-4-5-15(24-17(13)20)25-7-2-3-8-25/h4-5,10-11H,2-3,6-9,21H2,1H3. The molecule has 0 bridgehead atoms. The summed E-state index contributed by atoms with van der Waals surface area (Å²) in [4.78, 5) is 29.6. The van der Waals surface area contributed by atoms with Crippen LogP contribution >= 0.6 is 11.3 Å². The van der Waals surface area contributed by atoms with Crippen LogP contribution in [0.2, 0.25) is 0 Å². The number of fused-ring (bicyclic) bond motifs is 1. The summed E-state index contributed by atoms with van der Waals surface area (Å²) in [5.74, 6) is -0.0944. The molecule has 2 aliphatic heterocycles. The van der Waals surface area contributed by atoms with E-state index in [0.717, 1.165) is 25.9 Å². The first kappa shape index (κ1) is 18.5. The van der Waals surface area contributed by atoms with Gasteiger partial charge in [0, 0.05) is 45.5 Å². The van der Waals surface area contributed by atoms with Crippen molar-refractivity contribution in [1.82, 2.24) is 14.9 Å². The fraction of sp³-hybridized carbons (Fsp3) is 0.368. The minimum Gasteiger partial charge on any atom is -0.403 e. The number of allylic oxidation sites excluding steroid dienone is 1. The lowest BCUT2D eigenvalue weighted by Gasteiger charge is -2.26. The van der Waals surface area contributed by atoms with Crippen molar-refractivity contribution in [3.63, 3.8) is 0 Å². The zero-order valence-corrected chi connectivity index (χ0v) is 16.4. The largest absolute Gasteiger partial charge is 0.403 e. The zero-order valence-electron chi connectivity index (χ0n) is 15.6. The van der Waals surface area contributed by atoms with E-state index < -0.39 is 5.95 Å². The van der Waals surface area contributed by atoms with Gasteiger partial charge in [0.1, 0.15) is 15.7 Å². The molecule has 1 saturated heterocycles. The fourth-order valence-corrected chi connectivity index (χ4v) is 4.61. The molecule has 2 aliphatic rings. The molecule has 0 aliphatic carbocycles. The Bertz CT molecular complexity index is 963. The highest BCUT2D eigenvalue weighted by atomic mass is 32.1. The van der Waals surface area contributed by atoms with Crippen molar-refractivity contribution < 1.29 is 9.18 Å². The number of aromatic nitrogens is 2. The quantitative estimate of drug-likeness (QED) is 0.629. The topological polar surface area (TPSA) is 87.7 Å². The third-order valence-corrected chi connectivity index (χ3v) is 6.07. The van der Waals surface area contributed by atoms with Gasteiger partial charge in [-0.05, 0) is 25.0 Å². The van der Waals surface area contributed by atoms with Crippen LogP contribution in [0.15, 0.2) is 29.0 Å². The van der Waals surface area contributed by atoms with E-state index in [1.54, 1.807) is 24.2 Å². The molecule has 0 aromatic carbocycles. The smallest absolute Gasteiger partial charge is 0.270 e. The number of hydrogen-bond donors (Lipinski definition) is 1. The number of nitrogens with two attached hydrogens (primary N) is 1. The van der Waals surface area contributed by atoms with Crippen LogP contribution < -0.4 is 10.6 Å². The molecule has 0 spiro atoms. The molecule has 2 aromatic rings. The van der Waals surface area contributed by atoms with Crippen molar-refractivity contribution in [2.75, 3.05) is 31.6 Å². The number of anilines is 1. The molecule has 1 amide bonds. The highest BCUT2D eigenvalue weighted by Gasteiger charge is 2.31. The summed E-state index contributed by atoms with van der Waals surface area (Å²) in [6, 6.07) is 3.53. The molecule has 0 saturated carbocycles. The van der Waals surface area contributed by atoms with Gasteiger partial charge in [-0.25, -0.2) is 9.97 Å². The Balaban J connectivity index is 1.63. The van der Waals surface area contributed by atoms with E-state index in [2.05, 4.69) is 19.9 Å². The Labute approximate surface area is 166 Å².